The Bertz CT molecular complexity index is 3440. The van der Waals surface area contributed by atoms with Gasteiger partial charge < -0.3 is 26.3 Å². The normalized spacial score (nSPS) is 11.2. The summed E-state index contributed by atoms with van der Waals surface area (Å²) in [6.45, 7) is 0. The van der Waals surface area contributed by atoms with Crippen molar-refractivity contribution in [2.24, 2.45) is 0 Å². The Hall–Kier alpha value is -4.87. The third-order valence-corrected chi connectivity index (χ3v) is 14.0. The van der Waals surface area contributed by atoms with Crippen LogP contribution < -0.4 is 50.1 Å². The van der Waals surface area contributed by atoms with Gasteiger partial charge in [-0.2, -0.15) is 26.3 Å². The standard InChI is InChI=1S/C22H16Cl3F3N4O4S.C19H11Cl3F3N3O3S.C3H6ClNO.Na.H2O/c1-32(2)21(34)30-12-3-5-16(24)14(8-12)20(33)19-18(7-11(23)10-29-19)31-37(35,36)13-4-6-17(25)15(9-13)22(26,27)28;20-9-5-16(17(27-8-9)18(29)12-6-10(26)1-3-14(12)21)28-32(30,31)11-2-4-15(22)13(7-11)19(23,24)25;1-5(2)3(4)6;;/h3-10,31H,1-2H3,(H,30,34);1-8,28H,26H2;1-2H3;;1H2/q;;;+1;/p-1. The van der Waals surface area contributed by atoms with E-state index in [0.29, 0.717) is 12.1 Å². The molecule has 0 radical (unpaired) electrons. The average molecular weight is 1270 g/mol. The number of ketones is 2. The number of nitrogens with one attached hydrogen (secondary N) is 3. The van der Waals surface area contributed by atoms with Crippen LogP contribution in [0.15, 0.2) is 107 Å². The Morgan fingerprint density at radius 1 is 0.558 bits per heavy atom. The molecule has 17 nitrogen and oxygen atoms in total. The summed E-state index contributed by atoms with van der Waals surface area (Å²) in [7, 11) is -3.07. The number of alkyl halides is 6. The number of aromatic nitrogens is 2. The number of hydrogen-bond acceptors (Lipinski definition) is 12. The van der Waals surface area contributed by atoms with E-state index in [1.54, 1.807) is 14.1 Å². The number of pyridine rings is 2. The van der Waals surface area contributed by atoms with Gasteiger partial charge in [0, 0.05) is 63.1 Å². The summed E-state index contributed by atoms with van der Waals surface area (Å²) in [6.07, 6.45) is -7.63. The number of carbonyl (C=O) groups is 4. The molecule has 3 amide bonds. The largest absolute Gasteiger partial charge is 1.00 e. The molecular weight excluding hydrogens is 1230 g/mol. The van der Waals surface area contributed by atoms with E-state index < -0.39 is 103 Å². The van der Waals surface area contributed by atoms with Crippen molar-refractivity contribution in [3.63, 3.8) is 0 Å². The van der Waals surface area contributed by atoms with Crippen molar-refractivity contribution < 1.29 is 97.4 Å². The van der Waals surface area contributed by atoms with Gasteiger partial charge in [0.15, 0.2) is 0 Å². The average Bonchev–Trinajstić information content (AvgIpc) is 3.29. The molecule has 408 valence electrons. The molecule has 33 heteroatoms. The first kappa shape index (κ1) is 68.2. The second kappa shape index (κ2) is 27.8. The minimum atomic E-state index is -4.91. The first-order valence-electron chi connectivity index (χ1n) is 19.9. The molecule has 0 aliphatic rings. The molecule has 4 aromatic carbocycles. The zero-order valence-corrected chi connectivity index (χ0v) is 48.5. The van der Waals surface area contributed by atoms with E-state index in [9.17, 15) is 62.4 Å². The monoisotopic (exact) mass is 1260 g/mol. The van der Waals surface area contributed by atoms with Gasteiger partial charge in [0.25, 0.3) is 20.0 Å². The molecule has 6 rings (SSSR count). The van der Waals surface area contributed by atoms with Crippen molar-refractivity contribution >= 4 is 147 Å². The molecule has 2 aromatic heterocycles. The molecule has 0 spiro atoms. The molecule has 6 aromatic rings. The van der Waals surface area contributed by atoms with Crippen LogP contribution in [-0.4, -0.2) is 93.2 Å². The van der Waals surface area contributed by atoms with Crippen LogP contribution in [0.1, 0.15) is 43.2 Å². The quantitative estimate of drug-likeness (QED) is 0.0236. The summed E-state index contributed by atoms with van der Waals surface area (Å²) in [5.41, 5.74) is 1.58. The number of hydrogen-bond donors (Lipinski definition) is 4. The number of halogens is 13. The number of nitrogens with two attached hydrogens (primary N) is 1. The van der Waals surface area contributed by atoms with Crippen molar-refractivity contribution in [2.75, 3.05) is 48.7 Å². The molecule has 0 fully saturated rings. The zero-order chi connectivity index (χ0) is 56.7. The minimum Gasteiger partial charge on any atom is -0.870 e. The van der Waals surface area contributed by atoms with Crippen LogP contribution in [0.25, 0.3) is 0 Å². The summed E-state index contributed by atoms with van der Waals surface area (Å²) >= 11 is 40.1. The third kappa shape index (κ3) is 18.6. The van der Waals surface area contributed by atoms with Gasteiger partial charge in [0.2, 0.25) is 11.6 Å². The summed E-state index contributed by atoms with van der Waals surface area (Å²) in [5.74, 6) is -1.64. The van der Waals surface area contributed by atoms with Gasteiger partial charge in [-0.3, -0.25) is 23.8 Å². The summed E-state index contributed by atoms with van der Waals surface area (Å²) in [6, 6.07) is 13.9. The maximum Gasteiger partial charge on any atom is 1.00 e. The van der Waals surface area contributed by atoms with Crippen LogP contribution in [0.4, 0.5) is 58.7 Å². The number of sulfonamides is 2. The van der Waals surface area contributed by atoms with Gasteiger partial charge in [-0.25, -0.2) is 31.6 Å². The topological polar surface area (TPSA) is 261 Å². The summed E-state index contributed by atoms with van der Waals surface area (Å²) in [4.78, 5) is 56.9. The molecule has 77 heavy (non-hydrogen) atoms. The smallest absolute Gasteiger partial charge is 0.870 e. The first-order valence-corrected chi connectivity index (χ1v) is 25.5. The second-order valence-corrected chi connectivity index (χ2v) is 21.3. The van der Waals surface area contributed by atoms with E-state index >= 15 is 0 Å². The maximum absolute atomic E-state index is 13.3. The second-order valence-electron chi connectivity index (χ2n) is 15.2. The molecule has 0 saturated carbocycles. The van der Waals surface area contributed by atoms with Crippen LogP contribution in [0.3, 0.4) is 0 Å². The fourth-order valence-corrected chi connectivity index (χ4v) is 8.90. The van der Waals surface area contributed by atoms with Crippen molar-refractivity contribution in [3.8, 4) is 0 Å². The van der Waals surface area contributed by atoms with Crippen LogP contribution in [0.5, 0.6) is 0 Å². The Kier molecular flexibility index (Phi) is 24.7. The summed E-state index contributed by atoms with van der Waals surface area (Å²) in [5, 5.41) is 0.628. The molecule has 0 atom stereocenters. The van der Waals surface area contributed by atoms with Crippen LogP contribution in [-0.2, 0) is 32.4 Å². The Balaban J connectivity index is 0.000000468. The molecule has 6 N–H and O–H groups in total. The SMILES string of the molecule is CN(C)C(=O)Cl.CN(C)C(=O)Nc1ccc(Cl)c(C(=O)c2ncc(Cl)cc2NS(=O)(=O)c2ccc(Cl)c(C(F)(F)F)c2)c1.Nc1ccc(Cl)c(C(=O)c2ncc(Cl)cc2NS(=O)(=O)c2ccc(Cl)c(C(F)(F)F)c2)c1.[Na+].[OH-]. The number of rotatable bonds is 11. The fraction of sp³-hybridized carbons (Fsp3) is 0.136. The van der Waals surface area contributed by atoms with Crippen molar-refractivity contribution in [1.82, 2.24) is 19.8 Å². The number of anilines is 4. The van der Waals surface area contributed by atoms with Crippen LogP contribution in [0, 0.1) is 0 Å². The van der Waals surface area contributed by atoms with E-state index in [1.165, 1.54) is 60.3 Å². The number of nitrogen functional groups attached to an aromatic ring is 1. The predicted octanol–water partition coefficient (Wildman–Crippen LogP) is 9.59. The van der Waals surface area contributed by atoms with Gasteiger partial charge in [0.05, 0.1) is 62.4 Å². The van der Waals surface area contributed by atoms with Crippen molar-refractivity contribution in [2.45, 2.75) is 22.1 Å². The number of urea groups is 1. The van der Waals surface area contributed by atoms with Crippen molar-refractivity contribution in [3.05, 3.63) is 161 Å². The van der Waals surface area contributed by atoms with E-state index in [2.05, 4.69) is 15.3 Å². The van der Waals surface area contributed by atoms with Gasteiger partial charge in [-0.1, -0.05) is 69.6 Å². The van der Waals surface area contributed by atoms with Gasteiger partial charge in [-0.15, -0.1) is 0 Å². The van der Waals surface area contributed by atoms with Gasteiger partial charge >= 0.3 is 53.3 Å². The number of carbonyl (C=O) groups excluding carboxylic acids is 4. The van der Waals surface area contributed by atoms with Gasteiger partial charge in [0.1, 0.15) is 11.4 Å². The van der Waals surface area contributed by atoms with Gasteiger partial charge in [-0.05, 0) is 96.5 Å². The Morgan fingerprint density at radius 2 is 0.922 bits per heavy atom. The first-order chi connectivity index (χ1) is 34.5. The number of nitrogens with zero attached hydrogens (tertiary/aromatic N) is 4. The molecule has 0 saturated heterocycles. The van der Waals surface area contributed by atoms with E-state index in [0.717, 1.165) is 48.8 Å². The Morgan fingerprint density at radius 3 is 1.29 bits per heavy atom. The van der Waals surface area contributed by atoms with E-state index in [4.69, 9.17) is 86.9 Å². The molecule has 0 bridgehead atoms. The molecule has 0 unspecified atom stereocenters. The Labute approximate surface area is 492 Å². The molecule has 2 heterocycles. The predicted molar refractivity (Wildman–Crippen MR) is 277 cm³/mol. The third-order valence-electron chi connectivity index (χ3n) is 9.19. The van der Waals surface area contributed by atoms with Crippen LogP contribution in [0.2, 0.25) is 30.1 Å². The number of benzene rings is 4. The van der Waals surface area contributed by atoms with Crippen molar-refractivity contribution in [1.29, 1.82) is 0 Å². The maximum atomic E-state index is 13.3. The fourth-order valence-electron chi connectivity index (χ4n) is 5.57. The number of amides is 3. The summed E-state index contributed by atoms with van der Waals surface area (Å²) < 4.78 is 135. The minimum absolute atomic E-state index is 0. The molecule has 0 aliphatic carbocycles. The zero-order valence-electron chi connectivity index (χ0n) is 39.5. The molecule has 0 aliphatic heterocycles. The van der Waals surface area contributed by atoms with E-state index in [1.807, 2.05) is 9.44 Å². The molecular formula is C44H34Cl7F6N8NaO9S2. The van der Waals surface area contributed by atoms with E-state index in [-0.39, 0.29) is 83.3 Å². The van der Waals surface area contributed by atoms with Crippen LogP contribution >= 0.6 is 81.2 Å².